The molecule has 0 aliphatic rings. The molecule has 2 aromatic carbocycles. The maximum absolute atomic E-state index is 13.0. The van der Waals surface area contributed by atoms with Gasteiger partial charge in [-0.25, -0.2) is 4.68 Å². The van der Waals surface area contributed by atoms with Gasteiger partial charge in [-0.2, -0.15) is 18.3 Å². The van der Waals surface area contributed by atoms with Crippen LogP contribution >= 0.6 is 11.8 Å². The lowest BCUT2D eigenvalue weighted by Crippen LogP contribution is -2.14. The number of hydrogen-bond donors (Lipinski definition) is 1. The van der Waals surface area contributed by atoms with Gasteiger partial charge in [0, 0.05) is 15.8 Å². The zero-order valence-electron chi connectivity index (χ0n) is 15.2. The highest BCUT2D eigenvalue weighted by Crippen LogP contribution is 2.31. The summed E-state index contributed by atoms with van der Waals surface area (Å²) >= 11 is 1.59. The number of hydrogen-bond acceptors (Lipinski definition) is 3. The topological polar surface area (TPSA) is 46.9 Å². The first-order valence-corrected chi connectivity index (χ1v) is 9.42. The average molecular weight is 405 g/mol. The molecule has 3 rings (SSSR count). The van der Waals surface area contributed by atoms with E-state index in [0.29, 0.717) is 16.5 Å². The maximum Gasteiger partial charge on any atom is 0.433 e. The van der Waals surface area contributed by atoms with Crippen molar-refractivity contribution in [2.24, 2.45) is 0 Å². The predicted octanol–water partition coefficient (Wildman–Crippen LogP) is 5.64. The van der Waals surface area contributed by atoms with Crippen LogP contribution in [0.1, 0.15) is 29.9 Å². The number of carbonyl (C=O) groups excluding carboxylic acids is 1. The molecular weight excluding hydrogens is 387 g/mol. The molecule has 8 heteroatoms. The van der Waals surface area contributed by atoms with Crippen LogP contribution in [-0.2, 0) is 6.18 Å². The van der Waals surface area contributed by atoms with Crippen molar-refractivity contribution < 1.29 is 18.0 Å². The van der Waals surface area contributed by atoms with Gasteiger partial charge in [0.15, 0.2) is 0 Å². The quantitative estimate of drug-likeness (QED) is 0.559. The number of nitrogens with one attached hydrogen (secondary N) is 1. The Kier molecular flexibility index (Phi) is 5.79. The fraction of sp³-hybridized carbons (Fsp3) is 0.200. The first kappa shape index (κ1) is 20.0. The summed E-state index contributed by atoms with van der Waals surface area (Å²) in [4.78, 5) is 13.5. The van der Waals surface area contributed by atoms with E-state index in [4.69, 9.17) is 0 Å². The molecule has 0 aliphatic heterocycles. The van der Waals surface area contributed by atoms with Crippen LogP contribution in [0.5, 0.6) is 0 Å². The van der Waals surface area contributed by atoms with Crippen LogP contribution in [0.2, 0.25) is 0 Å². The SMILES string of the molecule is CC(C)Sc1ccccc1C(=O)Nc1ccc(-n2nccc2C(F)(F)F)cc1. The molecule has 0 aliphatic carbocycles. The smallest absolute Gasteiger partial charge is 0.322 e. The zero-order chi connectivity index (χ0) is 20.3. The molecule has 1 aromatic heterocycles. The number of aromatic nitrogens is 2. The third-order valence-electron chi connectivity index (χ3n) is 3.80. The molecule has 0 unspecified atom stereocenters. The van der Waals surface area contributed by atoms with Crippen molar-refractivity contribution in [2.45, 2.75) is 30.2 Å². The average Bonchev–Trinajstić information content (AvgIpc) is 3.12. The second kappa shape index (κ2) is 8.10. The summed E-state index contributed by atoms with van der Waals surface area (Å²) in [7, 11) is 0. The van der Waals surface area contributed by atoms with Gasteiger partial charge in [0.05, 0.1) is 17.4 Å². The van der Waals surface area contributed by atoms with Crippen LogP contribution in [0.25, 0.3) is 5.69 Å². The lowest BCUT2D eigenvalue weighted by molar-refractivity contribution is -0.142. The molecule has 1 N–H and O–H groups in total. The van der Waals surface area contributed by atoms with Crippen molar-refractivity contribution in [2.75, 3.05) is 5.32 Å². The number of anilines is 1. The minimum atomic E-state index is -4.50. The molecule has 1 amide bonds. The number of amides is 1. The minimum absolute atomic E-state index is 0.256. The van der Waals surface area contributed by atoms with Gasteiger partial charge in [-0.15, -0.1) is 11.8 Å². The molecule has 1 heterocycles. The van der Waals surface area contributed by atoms with Crippen molar-refractivity contribution in [3.05, 3.63) is 72.1 Å². The van der Waals surface area contributed by atoms with Crippen LogP contribution in [0.15, 0.2) is 65.7 Å². The number of benzene rings is 2. The number of alkyl halides is 3. The highest BCUT2D eigenvalue weighted by molar-refractivity contribution is 8.00. The van der Waals surface area contributed by atoms with E-state index >= 15 is 0 Å². The van der Waals surface area contributed by atoms with Gasteiger partial charge < -0.3 is 5.32 Å². The summed E-state index contributed by atoms with van der Waals surface area (Å²) in [5, 5.41) is 6.85. The summed E-state index contributed by atoms with van der Waals surface area (Å²) in [6, 6.07) is 14.3. The van der Waals surface area contributed by atoms with E-state index in [1.54, 1.807) is 36.0 Å². The van der Waals surface area contributed by atoms with Crippen LogP contribution in [0.3, 0.4) is 0 Å². The van der Waals surface area contributed by atoms with E-state index in [1.807, 2.05) is 26.0 Å². The van der Waals surface area contributed by atoms with Crippen molar-refractivity contribution in [3.8, 4) is 5.69 Å². The van der Waals surface area contributed by atoms with E-state index in [0.717, 1.165) is 21.8 Å². The van der Waals surface area contributed by atoms with Gasteiger partial charge in [-0.05, 0) is 42.5 Å². The van der Waals surface area contributed by atoms with Crippen molar-refractivity contribution in [1.82, 2.24) is 9.78 Å². The molecule has 0 saturated carbocycles. The normalized spacial score (nSPS) is 11.6. The van der Waals surface area contributed by atoms with Crippen LogP contribution < -0.4 is 5.32 Å². The molecule has 3 aromatic rings. The largest absolute Gasteiger partial charge is 0.433 e. The Bertz CT molecular complexity index is 965. The lowest BCUT2D eigenvalue weighted by atomic mass is 10.2. The molecule has 0 fully saturated rings. The van der Waals surface area contributed by atoms with Gasteiger partial charge in [0.25, 0.3) is 5.91 Å². The monoisotopic (exact) mass is 405 g/mol. The molecule has 28 heavy (non-hydrogen) atoms. The first-order valence-electron chi connectivity index (χ1n) is 8.54. The Morgan fingerprint density at radius 3 is 2.39 bits per heavy atom. The first-order chi connectivity index (χ1) is 13.3. The Morgan fingerprint density at radius 2 is 1.75 bits per heavy atom. The highest BCUT2D eigenvalue weighted by Gasteiger charge is 2.35. The van der Waals surface area contributed by atoms with E-state index in [9.17, 15) is 18.0 Å². The minimum Gasteiger partial charge on any atom is -0.322 e. The third kappa shape index (κ3) is 4.56. The van der Waals surface area contributed by atoms with Crippen molar-refractivity contribution >= 4 is 23.4 Å². The Balaban J connectivity index is 1.79. The molecule has 0 radical (unpaired) electrons. The predicted molar refractivity (Wildman–Crippen MR) is 104 cm³/mol. The molecule has 0 atom stereocenters. The van der Waals surface area contributed by atoms with E-state index in [2.05, 4.69) is 10.4 Å². The molecular formula is C20H18F3N3OS. The van der Waals surface area contributed by atoms with Gasteiger partial charge in [0.1, 0.15) is 5.69 Å². The molecule has 0 bridgehead atoms. The van der Waals surface area contributed by atoms with E-state index in [-0.39, 0.29) is 11.6 Å². The van der Waals surface area contributed by atoms with Crippen molar-refractivity contribution in [1.29, 1.82) is 0 Å². The Morgan fingerprint density at radius 1 is 1.07 bits per heavy atom. The number of nitrogens with zero attached hydrogens (tertiary/aromatic N) is 2. The highest BCUT2D eigenvalue weighted by atomic mass is 32.2. The van der Waals surface area contributed by atoms with Crippen LogP contribution in [-0.4, -0.2) is 20.9 Å². The molecule has 0 saturated heterocycles. The summed E-state index contributed by atoms with van der Waals surface area (Å²) in [6.07, 6.45) is -3.40. The fourth-order valence-corrected chi connectivity index (χ4v) is 3.57. The fourth-order valence-electron chi connectivity index (χ4n) is 2.62. The number of halogens is 3. The lowest BCUT2D eigenvalue weighted by Gasteiger charge is -2.13. The van der Waals surface area contributed by atoms with E-state index < -0.39 is 11.9 Å². The van der Waals surface area contributed by atoms with Gasteiger partial charge in [-0.3, -0.25) is 4.79 Å². The summed E-state index contributed by atoms with van der Waals surface area (Å²) in [6.45, 7) is 4.09. The second-order valence-corrected chi connectivity index (χ2v) is 7.91. The van der Waals surface area contributed by atoms with Gasteiger partial charge in [0.2, 0.25) is 0 Å². The number of carbonyl (C=O) groups is 1. The molecule has 0 spiro atoms. The standard InChI is InChI=1S/C20H18F3N3OS/c1-13(2)28-17-6-4-3-5-16(17)19(27)25-14-7-9-15(10-8-14)26-18(11-12-24-26)20(21,22)23/h3-13H,1-2H3,(H,25,27). The van der Waals surface area contributed by atoms with Gasteiger partial charge in [-0.1, -0.05) is 26.0 Å². The summed E-state index contributed by atoms with van der Waals surface area (Å²) in [5.74, 6) is -0.272. The van der Waals surface area contributed by atoms with Crippen LogP contribution in [0.4, 0.5) is 18.9 Å². The Hall–Kier alpha value is -2.74. The van der Waals surface area contributed by atoms with Crippen LogP contribution in [0, 0.1) is 0 Å². The Labute approximate surface area is 164 Å². The van der Waals surface area contributed by atoms with E-state index in [1.165, 1.54) is 12.1 Å². The second-order valence-electron chi connectivity index (χ2n) is 6.29. The number of rotatable bonds is 5. The van der Waals surface area contributed by atoms with Gasteiger partial charge >= 0.3 is 6.18 Å². The summed E-state index contributed by atoms with van der Waals surface area (Å²) in [5.41, 5.74) is 0.436. The third-order valence-corrected chi connectivity index (χ3v) is 4.88. The van der Waals surface area contributed by atoms with Crippen molar-refractivity contribution in [3.63, 3.8) is 0 Å². The number of thioether (sulfide) groups is 1. The maximum atomic E-state index is 13.0. The zero-order valence-corrected chi connectivity index (χ0v) is 16.0. The molecule has 146 valence electrons. The summed E-state index contributed by atoms with van der Waals surface area (Å²) < 4.78 is 39.9. The molecule has 4 nitrogen and oxygen atoms in total.